The van der Waals surface area contributed by atoms with Crippen molar-refractivity contribution in [3.05, 3.63) is 66.0 Å². The highest BCUT2D eigenvalue weighted by Crippen LogP contribution is 2.25. The first kappa shape index (κ1) is 20.0. The highest BCUT2D eigenvalue weighted by molar-refractivity contribution is 5.79. The van der Waals surface area contributed by atoms with E-state index in [0.717, 1.165) is 11.1 Å². The molecule has 0 spiro atoms. The molecule has 2 amide bonds. The SMILES string of the molecule is O=C(CCc1ccncc1)N[C@@H]1CC[C@H](C(=O)NCc2ccccc2)C[C@H]1O. The van der Waals surface area contributed by atoms with E-state index in [0.29, 0.717) is 38.6 Å². The van der Waals surface area contributed by atoms with E-state index in [1.165, 1.54) is 0 Å². The Hall–Kier alpha value is -2.73. The third kappa shape index (κ3) is 5.89. The molecule has 1 aromatic carbocycles. The van der Waals surface area contributed by atoms with Crippen molar-refractivity contribution in [2.45, 2.75) is 50.8 Å². The van der Waals surface area contributed by atoms with E-state index in [2.05, 4.69) is 15.6 Å². The van der Waals surface area contributed by atoms with Gasteiger partial charge in [0.15, 0.2) is 0 Å². The summed E-state index contributed by atoms with van der Waals surface area (Å²) in [4.78, 5) is 28.5. The molecule has 6 nitrogen and oxygen atoms in total. The Bertz CT molecular complexity index is 767. The molecule has 1 fully saturated rings. The molecule has 3 atom stereocenters. The third-order valence-electron chi connectivity index (χ3n) is 5.23. The van der Waals surface area contributed by atoms with Gasteiger partial charge in [-0.15, -0.1) is 0 Å². The number of aryl methyl sites for hydroxylation is 1. The van der Waals surface area contributed by atoms with Crippen LogP contribution in [0.15, 0.2) is 54.9 Å². The molecule has 1 aliphatic rings. The molecule has 1 aliphatic carbocycles. The minimum Gasteiger partial charge on any atom is -0.391 e. The van der Waals surface area contributed by atoms with Crippen LogP contribution in [0, 0.1) is 5.92 Å². The molecule has 28 heavy (non-hydrogen) atoms. The van der Waals surface area contributed by atoms with Crippen LogP contribution in [-0.2, 0) is 22.6 Å². The maximum absolute atomic E-state index is 12.4. The average molecular weight is 381 g/mol. The van der Waals surface area contributed by atoms with Gasteiger partial charge in [-0.05, 0) is 48.9 Å². The van der Waals surface area contributed by atoms with E-state index in [1.807, 2.05) is 42.5 Å². The Morgan fingerprint density at radius 3 is 2.50 bits per heavy atom. The maximum atomic E-state index is 12.4. The minimum absolute atomic E-state index is 0.0367. The van der Waals surface area contributed by atoms with E-state index in [9.17, 15) is 14.7 Å². The Morgan fingerprint density at radius 2 is 1.79 bits per heavy atom. The van der Waals surface area contributed by atoms with Gasteiger partial charge in [0.25, 0.3) is 0 Å². The van der Waals surface area contributed by atoms with Crippen molar-refractivity contribution < 1.29 is 14.7 Å². The third-order valence-corrected chi connectivity index (χ3v) is 5.23. The second-order valence-corrected chi connectivity index (χ2v) is 7.31. The molecule has 0 unspecified atom stereocenters. The van der Waals surface area contributed by atoms with Gasteiger partial charge in [0, 0.05) is 31.3 Å². The van der Waals surface area contributed by atoms with Crippen molar-refractivity contribution >= 4 is 11.8 Å². The average Bonchev–Trinajstić information content (AvgIpc) is 2.73. The Morgan fingerprint density at radius 1 is 1.04 bits per heavy atom. The summed E-state index contributed by atoms with van der Waals surface area (Å²) in [6.45, 7) is 0.488. The monoisotopic (exact) mass is 381 g/mol. The fourth-order valence-corrected chi connectivity index (χ4v) is 3.57. The number of hydrogen-bond acceptors (Lipinski definition) is 4. The highest BCUT2D eigenvalue weighted by atomic mass is 16.3. The zero-order valence-electron chi connectivity index (χ0n) is 15.9. The van der Waals surface area contributed by atoms with Gasteiger partial charge in [-0.3, -0.25) is 14.6 Å². The lowest BCUT2D eigenvalue weighted by atomic mass is 9.83. The normalized spacial score (nSPS) is 21.7. The summed E-state index contributed by atoms with van der Waals surface area (Å²) in [6, 6.07) is 13.2. The van der Waals surface area contributed by atoms with Gasteiger partial charge in [0.1, 0.15) is 0 Å². The van der Waals surface area contributed by atoms with Crippen molar-refractivity contribution in [3.8, 4) is 0 Å². The molecule has 3 N–H and O–H groups in total. The van der Waals surface area contributed by atoms with Gasteiger partial charge in [-0.1, -0.05) is 30.3 Å². The number of benzene rings is 1. The number of nitrogens with zero attached hydrogens (tertiary/aromatic N) is 1. The predicted molar refractivity (Wildman–Crippen MR) is 106 cm³/mol. The molecule has 1 saturated carbocycles. The van der Waals surface area contributed by atoms with Crippen molar-refractivity contribution in [1.29, 1.82) is 0 Å². The summed E-state index contributed by atoms with van der Waals surface area (Å²) in [5.74, 6) is -0.332. The zero-order valence-corrected chi connectivity index (χ0v) is 15.9. The molecule has 0 radical (unpaired) electrons. The Kier molecular flexibility index (Phi) is 7.14. The highest BCUT2D eigenvalue weighted by Gasteiger charge is 2.33. The number of carbonyl (C=O) groups is 2. The molecule has 3 rings (SSSR count). The molecule has 6 heteroatoms. The smallest absolute Gasteiger partial charge is 0.223 e. The van der Waals surface area contributed by atoms with Gasteiger partial charge < -0.3 is 15.7 Å². The van der Waals surface area contributed by atoms with Crippen LogP contribution in [0.4, 0.5) is 0 Å². The largest absolute Gasteiger partial charge is 0.391 e. The number of nitrogens with one attached hydrogen (secondary N) is 2. The summed E-state index contributed by atoms with van der Waals surface area (Å²) in [6.07, 6.45) is 5.36. The van der Waals surface area contributed by atoms with Crippen LogP contribution in [0.5, 0.6) is 0 Å². The number of carbonyl (C=O) groups excluding carboxylic acids is 2. The molecule has 148 valence electrons. The number of aliphatic hydroxyl groups is 1. The van der Waals surface area contributed by atoms with E-state index >= 15 is 0 Å². The lowest BCUT2D eigenvalue weighted by molar-refractivity contribution is -0.128. The van der Waals surface area contributed by atoms with Crippen molar-refractivity contribution in [2.24, 2.45) is 5.92 Å². The Balaban J connectivity index is 1.40. The van der Waals surface area contributed by atoms with E-state index < -0.39 is 6.10 Å². The molecule has 2 aromatic rings. The lowest BCUT2D eigenvalue weighted by Crippen LogP contribution is -2.49. The standard InChI is InChI=1S/C22H27N3O3/c26-20-14-18(22(28)24-15-17-4-2-1-3-5-17)7-8-19(20)25-21(27)9-6-16-10-12-23-13-11-16/h1-5,10-13,18-20,26H,6-9,14-15H2,(H,24,28)(H,25,27)/t18-,19+,20+/m0/s1. The van der Waals surface area contributed by atoms with E-state index in [-0.39, 0.29) is 23.8 Å². The molecule has 0 bridgehead atoms. The van der Waals surface area contributed by atoms with E-state index in [1.54, 1.807) is 12.4 Å². The number of hydrogen-bond donors (Lipinski definition) is 3. The van der Waals surface area contributed by atoms with Gasteiger partial charge in [0.05, 0.1) is 12.1 Å². The summed E-state index contributed by atoms with van der Waals surface area (Å²) in [5, 5.41) is 16.3. The zero-order chi connectivity index (χ0) is 19.8. The van der Waals surface area contributed by atoms with Crippen LogP contribution in [-0.4, -0.2) is 34.1 Å². The number of aromatic nitrogens is 1. The van der Waals surface area contributed by atoms with Crippen LogP contribution in [0.1, 0.15) is 36.8 Å². The van der Waals surface area contributed by atoms with Gasteiger partial charge in [-0.2, -0.15) is 0 Å². The number of pyridine rings is 1. The molecule has 0 saturated heterocycles. The number of amides is 2. The van der Waals surface area contributed by atoms with Crippen LogP contribution in [0.2, 0.25) is 0 Å². The fourth-order valence-electron chi connectivity index (χ4n) is 3.57. The second kappa shape index (κ2) is 9.99. The molecule has 0 aliphatic heterocycles. The Labute approximate surface area is 165 Å². The van der Waals surface area contributed by atoms with E-state index in [4.69, 9.17) is 0 Å². The van der Waals surface area contributed by atoms with Gasteiger partial charge in [0.2, 0.25) is 11.8 Å². The van der Waals surface area contributed by atoms with Crippen molar-refractivity contribution in [3.63, 3.8) is 0 Å². The number of aliphatic hydroxyl groups excluding tert-OH is 1. The first-order valence-corrected chi connectivity index (χ1v) is 9.80. The molecule has 1 heterocycles. The molecule has 1 aromatic heterocycles. The number of rotatable bonds is 7. The molecular formula is C22H27N3O3. The summed E-state index contributed by atoms with van der Waals surface area (Å²) in [5.41, 5.74) is 2.11. The van der Waals surface area contributed by atoms with Crippen LogP contribution >= 0.6 is 0 Å². The second-order valence-electron chi connectivity index (χ2n) is 7.31. The van der Waals surface area contributed by atoms with Crippen molar-refractivity contribution in [1.82, 2.24) is 15.6 Å². The predicted octanol–water partition coefficient (Wildman–Crippen LogP) is 1.98. The molecular weight excluding hydrogens is 354 g/mol. The quantitative estimate of drug-likeness (QED) is 0.684. The van der Waals surface area contributed by atoms with Crippen LogP contribution in [0.25, 0.3) is 0 Å². The van der Waals surface area contributed by atoms with Crippen molar-refractivity contribution in [2.75, 3.05) is 0 Å². The summed E-state index contributed by atoms with van der Waals surface area (Å²) >= 11 is 0. The van der Waals surface area contributed by atoms with Gasteiger partial charge >= 0.3 is 0 Å². The minimum atomic E-state index is -0.703. The fraction of sp³-hybridized carbons (Fsp3) is 0.409. The summed E-state index contributed by atoms with van der Waals surface area (Å²) < 4.78 is 0. The van der Waals surface area contributed by atoms with Crippen LogP contribution < -0.4 is 10.6 Å². The maximum Gasteiger partial charge on any atom is 0.223 e. The van der Waals surface area contributed by atoms with Crippen LogP contribution in [0.3, 0.4) is 0 Å². The summed E-state index contributed by atoms with van der Waals surface area (Å²) in [7, 11) is 0. The van der Waals surface area contributed by atoms with Gasteiger partial charge in [-0.25, -0.2) is 0 Å². The lowest BCUT2D eigenvalue weighted by Gasteiger charge is -2.33. The first-order chi connectivity index (χ1) is 13.6. The first-order valence-electron chi connectivity index (χ1n) is 9.80. The topological polar surface area (TPSA) is 91.3 Å².